The van der Waals surface area contributed by atoms with Gasteiger partial charge in [0.1, 0.15) is 36.1 Å². The van der Waals surface area contributed by atoms with Gasteiger partial charge in [-0.2, -0.15) is 0 Å². The monoisotopic (exact) mass is 882 g/mol. The molecule has 3 aliphatic rings. The number of H-pyrrole nitrogens is 2. The Labute approximate surface area is 376 Å². The Balaban J connectivity index is 0.974. The van der Waals surface area contributed by atoms with Crippen LogP contribution in [0.25, 0.3) is 44.2 Å². The van der Waals surface area contributed by atoms with E-state index >= 15 is 0 Å². The molecule has 3 aliphatic heterocycles. The lowest BCUT2D eigenvalue weighted by Crippen LogP contribution is -2.51. The maximum absolute atomic E-state index is 14.3. The van der Waals surface area contributed by atoms with Gasteiger partial charge in [0.15, 0.2) is 0 Å². The third kappa shape index (κ3) is 8.34. The molecule has 9 rings (SSSR count). The van der Waals surface area contributed by atoms with Crippen LogP contribution in [-0.2, 0) is 30.4 Å². The predicted octanol–water partition coefficient (Wildman–Crippen LogP) is 7.59. The summed E-state index contributed by atoms with van der Waals surface area (Å²) < 4.78 is 21.7. The van der Waals surface area contributed by atoms with Crippen molar-refractivity contribution in [3.8, 4) is 28.1 Å². The second kappa shape index (κ2) is 17.9. The highest BCUT2D eigenvalue weighted by Crippen LogP contribution is 2.44. The van der Waals surface area contributed by atoms with E-state index < -0.39 is 24.3 Å². The number of likely N-dealkylation sites (tertiary alicyclic amines) is 2. The largest absolute Gasteiger partial charge is 0.488 e. The first kappa shape index (κ1) is 43.3. The number of rotatable bonds is 11. The smallest absolute Gasteiger partial charge is 0.407 e. The van der Waals surface area contributed by atoms with Crippen LogP contribution in [0.1, 0.15) is 74.5 Å². The summed E-state index contributed by atoms with van der Waals surface area (Å²) in [5, 5.41) is 7.45. The van der Waals surface area contributed by atoms with E-state index in [1.807, 2.05) is 55.1 Å². The van der Waals surface area contributed by atoms with Crippen LogP contribution in [0.5, 0.6) is 5.75 Å². The lowest BCUT2D eigenvalue weighted by Gasteiger charge is -2.30. The van der Waals surface area contributed by atoms with Crippen molar-refractivity contribution in [2.45, 2.75) is 64.4 Å². The average molecular weight is 883 g/mol. The average Bonchev–Trinajstić information content (AvgIpc) is 4.15. The fourth-order valence-electron chi connectivity index (χ4n) is 9.78. The molecule has 2 fully saturated rings. The fraction of sp³-hybridized carbons (Fsp3) is 0.388. The van der Waals surface area contributed by atoms with Crippen LogP contribution < -0.4 is 15.4 Å². The van der Waals surface area contributed by atoms with Crippen molar-refractivity contribution in [3.05, 3.63) is 102 Å². The van der Waals surface area contributed by atoms with Crippen molar-refractivity contribution in [2.75, 3.05) is 41.0 Å². The molecule has 2 unspecified atom stereocenters. The number of methoxy groups -OCH3 is 3. The van der Waals surface area contributed by atoms with Gasteiger partial charge in [-0.15, -0.1) is 0 Å². The molecular weight excluding hydrogens is 829 g/mol. The fourth-order valence-corrected chi connectivity index (χ4v) is 9.78. The summed E-state index contributed by atoms with van der Waals surface area (Å²) in [4.78, 5) is 73.4. The van der Waals surface area contributed by atoms with Crippen molar-refractivity contribution in [1.82, 2.24) is 40.4 Å². The molecule has 338 valence electrons. The number of ether oxygens (including phenoxy) is 4. The quantitative estimate of drug-likeness (QED) is 0.101. The molecule has 4 amide bonds. The minimum absolute atomic E-state index is 0.0681. The zero-order valence-electron chi connectivity index (χ0n) is 37.3. The van der Waals surface area contributed by atoms with Gasteiger partial charge in [-0.1, -0.05) is 69.3 Å². The Hall–Kier alpha value is -6.94. The van der Waals surface area contributed by atoms with Crippen LogP contribution in [0.4, 0.5) is 9.59 Å². The predicted molar refractivity (Wildman–Crippen MR) is 243 cm³/mol. The second-order valence-corrected chi connectivity index (χ2v) is 17.7. The van der Waals surface area contributed by atoms with Gasteiger partial charge < -0.3 is 49.3 Å². The molecule has 4 aromatic carbocycles. The number of nitrogens with zero attached hydrogens (tertiary/aromatic N) is 4. The lowest BCUT2D eigenvalue weighted by atomic mass is 9.92. The van der Waals surface area contributed by atoms with E-state index in [0.717, 1.165) is 61.9 Å². The van der Waals surface area contributed by atoms with E-state index in [1.54, 1.807) is 18.2 Å². The molecule has 0 spiro atoms. The Kier molecular flexibility index (Phi) is 11.9. The SMILES string of the molecule is COCC1C[C@@H](c2ncc(-c3ccc4c(c3)COc3cc5c(ccc6nc(C7C[C@H](C)CN7C(=O)[C@@H](NC(=O)OC)C(C)C)[nH]c65)cc3-4)[nH]2)N(C(=O)[C@H](NC(=O)OC)c2ccccc2)C1. The molecule has 5 heterocycles. The standard InChI is InChI=1S/C49H54N8O8/c1-26(2)41(54-48(60)63-5)46(58)56-22-27(3)16-38(56)45-51-36-15-13-30-19-35-33-14-12-31(18-32(33)25-65-40(35)20-34(30)43(36)53-45)37-21-50-44(52-37)39-17-28(24-62-4)23-57(39)47(59)42(55-49(61)64-6)29-10-8-7-9-11-29/h7-15,18-21,26-28,38-39,41-42H,16-17,22-25H2,1-6H3,(H,50,52)(H,51,53)(H,54,60)(H,55,61)/t27-,28?,38?,39-,41-,42+/m0/s1. The molecule has 0 aliphatic carbocycles. The van der Waals surface area contributed by atoms with E-state index in [1.165, 1.54) is 14.2 Å². The maximum atomic E-state index is 14.3. The number of aromatic nitrogens is 4. The molecule has 0 bridgehead atoms. The van der Waals surface area contributed by atoms with Crippen LogP contribution >= 0.6 is 0 Å². The lowest BCUT2D eigenvalue weighted by molar-refractivity contribution is -0.136. The molecule has 4 N–H and O–H groups in total. The van der Waals surface area contributed by atoms with Crippen LogP contribution in [-0.4, -0.2) is 101 Å². The number of carbonyl (C=O) groups excluding carboxylic acids is 4. The number of nitrogens with one attached hydrogen (secondary N) is 4. The van der Waals surface area contributed by atoms with E-state index in [9.17, 15) is 19.2 Å². The van der Waals surface area contributed by atoms with Crippen molar-refractivity contribution < 1.29 is 38.1 Å². The second-order valence-electron chi connectivity index (χ2n) is 17.7. The number of benzene rings is 4. The Morgan fingerprint density at radius 2 is 1.58 bits per heavy atom. The topological polar surface area (TPSA) is 193 Å². The number of fused-ring (bicyclic) bond motifs is 6. The van der Waals surface area contributed by atoms with E-state index in [0.29, 0.717) is 49.9 Å². The molecular formula is C49H54N8O8. The van der Waals surface area contributed by atoms with Crippen LogP contribution in [0.3, 0.4) is 0 Å². The third-order valence-corrected chi connectivity index (χ3v) is 13.0. The first-order chi connectivity index (χ1) is 31.4. The summed E-state index contributed by atoms with van der Waals surface area (Å²) in [5.74, 6) is 1.87. The first-order valence-corrected chi connectivity index (χ1v) is 22.1. The number of aromatic amines is 2. The number of alkyl carbamates (subject to hydrolysis) is 2. The Morgan fingerprint density at radius 1 is 0.831 bits per heavy atom. The zero-order valence-corrected chi connectivity index (χ0v) is 37.3. The number of imidazole rings is 2. The maximum Gasteiger partial charge on any atom is 0.407 e. The molecule has 6 atom stereocenters. The van der Waals surface area contributed by atoms with Gasteiger partial charge in [-0.3, -0.25) is 9.59 Å². The number of amides is 4. The minimum Gasteiger partial charge on any atom is -0.488 e. The van der Waals surface area contributed by atoms with E-state index in [-0.39, 0.29) is 41.7 Å². The summed E-state index contributed by atoms with van der Waals surface area (Å²) >= 11 is 0. The Morgan fingerprint density at radius 3 is 2.34 bits per heavy atom. The number of carbonyl (C=O) groups is 4. The summed E-state index contributed by atoms with van der Waals surface area (Å²) in [6.07, 6.45) is 1.83. The molecule has 2 saturated heterocycles. The van der Waals surface area contributed by atoms with Crippen molar-refractivity contribution in [3.63, 3.8) is 0 Å². The molecule has 65 heavy (non-hydrogen) atoms. The van der Waals surface area contributed by atoms with Gasteiger partial charge in [0.05, 0.1) is 55.8 Å². The summed E-state index contributed by atoms with van der Waals surface area (Å²) in [6.45, 7) is 7.76. The molecule has 16 heteroatoms. The van der Waals surface area contributed by atoms with Crippen LogP contribution in [0.2, 0.25) is 0 Å². The molecule has 0 saturated carbocycles. The van der Waals surface area contributed by atoms with Crippen molar-refractivity contribution >= 4 is 45.8 Å². The van der Waals surface area contributed by atoms with Crippen molar-refractivity contribution in [1.29, 1.82) is 0 Å². The zero-order chi connectivity index (χ0) is 45.5. The number of hydrogen-bond acceptors (Lipinski definition) is 10. The first-order valence-electron chi connectivity index (χ1n) is 22.1. The van der Waals surface area contributed by atoms with Crippen LogP contribution in [0, 0.1) is 17.8 Å². The molecule has 2 aromatic heterocycles. The van der Waals surface area contributed by atoms with Gasteiger partial charge in [0, 0.05) is 37.1 Å². The molecule has 16 nitrogen and oxygen atoms in total. The third-order valence-electron chi connectivity index (χ3n) is 13.0. The highest BCUT2D eigenvalue weighted by molar-refractivity contribution is 6.07. The summed E-state index contributed by atoms with van der Waals surface area (Å²) in [6, 6.07) is 21.4. The van der Waals surface area contributed by atoms with Gasteiger partial charge in [0.25, 0.3) is 5.91 Å². The van der Waals surface area contributed by atoms with Gasteiger partial charge in [-0.25, -0.2) is 19.6 Å². The van der Waals surface area contributed by atoms with E-state index in [4.69, 9.17) is 28.9 Å². The highest BCUT2D eigenvalue weighted by atomic mass is 16.5. The van der Waals surface area contributed by atoms with Gasteiger partial charge in [-0.05, 0) is 76.6 Å². The van der Waals surface area contributed by atoms with E-state index in [2.05, 4.69) is 63.9 Å². The highest BCUT2D eigenvalue weighted by Gasteiger charge is 2.42. The Bertz CT molecular complexity index is 2770. The van der Waals surface area contributed by atoms with Gasteiger partial charge in [0.2, 0.25) is 5.91 Å². The number of hydrogen-bond donors (Lipinski definition) is 4. The normalized spacial score (nSPS) is 20.0. The minimum atomic E-state index is -0.948. The molecule has 6 aromatic rings. The summed E-state index contributed by atoms with van der Waals surface area (Å²) in [5.41, 5.74) is 7.10. The summed E-state index contributed by atoms with van der Waals surface area (Å²) in [7, 11) is 4.22. The van der Waals surface area contributed by atoms with Crippen molar-refractivity contribution in [2.24, 2.45) is 17.8 Å². The molecule has 0 radical (unpaired) electrons. The van der Waals surface area contributed by atoms with Gasteiger partial charge >= 0.3 is 12.2 Å². The van der Waals surface area contributed by atoms with Crippen LogP contribution in [0.15, 0.2) is 79.0 Å².